The van der Waals surface area contributed by atoms with Gasteiger partial charge < -0.3 is 16.2 Å². The molecule has 1 rings (SSSR count). The highest BCUT2D eigenvalue weighted by Gasteiger charge is 2.14. The summed E-state index contributed by atoms with van der Waals surface area (Å²) >= 11 is 0. The summed E-state index contributed by atoms with van der Waals surface area (Å²) in [7, 11) is 1.68. The van der Waals surface area contributed by atoms with Crippen LogP contribution in [0.2, 0.25) is 0 Å². The van der Waals surface area contributed by atoms with Crippen molar-refractivity contribution >= 4 is 0 Å². The second-order valence-corrected chi connectivity index (χ2v) is 4.26. The second kappa shape index (κ2) is 6.51. The lowest BCUT2D eigenvalue weighted by atomic mass is 9.88. The highest BCUT2D eigenvalue weighted by Crippen LogP contribution is 2.18. The molecule has 1 aromatic carbocycles. The van der Waals surface area contributed by atoms with Crippen LogP contribution in [0.25, 0.3) is 0 Å². The lowest BCUT2D eigenvalue weighted by Gasteiger charge is -2.20. The molecule has 3 nitrogen and oxygen atoms in total. The second-order valence-electron chi connectivity index (χ2n) is 4.26. The molecule has 0 saturated carbocycles. The fourth-order valence-corrected chi connectivity index (χ4v) is 1.86. The van der Waals surface area contributed by atoms with Crippen LogP contribution in [0.4, 0.5) is 0 Å². The summed E-state index contributed by atoms with van der Waals surface area (Å²) < 4.78 is 5.12. The summed E-state index contributed by atoms with van der Waals surface area (Å²) in [6.07, 6.45) is 1.02. The first-order chi connectivity index (χ1) is 7.71. The van der Waals surface area contributed by atoms with E-state index < -0.39 is 0 Å². The quantitative estimate of drug-likeness (QED) is 0.765. The van der Waals surface area contributed by atoms with Gasteiger partial charge in [-0.3, -0.25) is 0 Å². The van der Waals surface area contributed by atoms with Gasteiger partial charge in [-0.1, -0.05) is 19.1 Å². The van der Waals surface area contributed by atoms with Crippen LogP contribution < -0.4 is 16.2 Å². The molecule has 0 amide bonds. The van der Waals surface area contributed by atoms with E-state index in [1.165, 1.54) is 5.56 Å². The van der Waals surface area contributed by atoms with E-state index in [2.05, 4.69) is 19.1 Å². The van der Waals surface area contributed by atoms with Crippen LogP contribution in [0.5, 0.6) is 5.75 Å². The summed E-state index contributed by atoms with van der Waals surface area (Å²) in [5.41, 5.74) is 12.7. The van der Waals surface area contributed by atoms with Gasteiger partial charge >= 0.3 is 0 Å². The fraction of sp³-hybridized carbons (Fsp3) is 0.538. The highest BCUT2D eigenvalue weighted by atomic mass is 16.5. The van der Waals surface area contributed by atoms with Gasteiger partial charge in [0.15, 0.2) is 0 Å². The normalized spacial score (nSPS) is 12.8. The van der Waals surface area contributed by atoms with Gasteiger partial charge in [0.1, 0.15) is 5.75 Å². The molecule has 0 bridgehead atoms. The molecule has 0 aliphatic rings. The van der Waals surface area contributed by atoms with E-state index in [4.69, 9.17) is 16.2 Å². The largest absolute Gasteiger partial charge is 0.497 e. The van der Waals surface area contributed by atoms with Crippen LogP contribution in [0.3, 0.4) is 0 Å². The van der Waals surface area contributed by atoms with Gasteiger partial charge in [-0.05, 0) is 49.0 Å². The van der Waals surface area contributed by atoms with Crippen LogP contribution in [0, 0.1) is 11.8 Å². The Bertz CT molecular complexity index is 293. The Morgan fingerprint density at radius 1 is 1.12 bits per heavy atom. The third-order valence-electron chi connectivity index (χ3n) is 3.13. The Labute approximate surface area is 97.8 Å². The molecule has 0 heterocycles. The van der Waals surface area contributed by atoms with Crippen molar-refractivity contribution in [1.29, 1.82) is 0 Å². The van der Waals surface area contributed by atoms with Gasteiger partial charge in [-0.2, -0.15) is 0 Å². The molecule has 3 heteroatoms. The molecule has 0 aromatic heterocycles. The van der Waals surface area contributed by atoms with Crippen molar-refractivity contribution in [1.82, 2.24) is 0 Å². The summed E-state index contributed by atoms with van der Waals surface area (Å²) in [5.74, 6) is 1.82. The molecular formula is C13H22N2O. The first-order valence-corrected chi connectivity index (χ1v) is 5.74. The first kappa shape index (κ1) is 13.0. The van der Waals surface area contributed by atoms with Crippen LogP contribution in [-0.2, 0) is 6.42 Å². The molecule has 0 radical (unpaired) electrons. The molecule has 0 aliphatic carbocycles. The molecule has 1 unspecified atom stereocenters. The third-order valence-corrected chi connectivity index (χ3v) is 3.13. The minimum Gasteiger partial charge on any atom is -0.497 e. The van der Waals surface area contributed by atoms with Crippen LogP contribution in [0.1, 0.15) is 12.5 Å². The molecule has 0 saturated heterocycles. The lowest BCUT2D eigenvalue weighted by Crippen LogP contribution is -2.30. The van der Waals surface area contributed by atoms with E-state index in [-0.39, 0.29) is 0 Å². The maximum atomic E-state index is 5.68. The first-order valence-electron chi connectivity index (χ1n) is 5.74. The summed E-state index contributed by atoms with van der Waals surface area (Å²) in [6, 6.07) is 8.17. The van der Waals surface area contributed by atoms with Crippen molar-refractivity contribution in [2.24, 2.45) is 23.3 Å². The van der Waals surface area contributed by atoms with Crippen molar-refractivity contribution in [3.8, 4) is 5.75 Å². The summed E-state index contributed by atoms with van der Waals surface area (Å²) in [4.78, 5) is 0. The molecule has 0 spiro atoms. The van der Waals surface area contributed by atoms with Crippen LogP contribution in [0.15, 0.2) is 24.3 Å². The molecule has 0 fully saturated rings. The SMILES string of the molecule is COc1ccc(CC(C)C(CN)CN)cc1. The monoisotopic (exact) mass is 222 g/mol. The number of nitrogens with two attached hydrogens (primary N) is 2. The van der Waals surface area contributed by atoms with Gasteiger partial charge in [0.25, 0.3) is 0 Å². The van der Waals surface area contributed by atoms with Crippen molar-refractivity contribution < 1.29 is 4.74 Å². The minimum absolute atomic E-state index is 0.405. The van der Waals surface area contributed by atoms with Crippen LogP contribution in [-0.4, -0.2) is 20.2 Å². The van der Waals surface area contributed by atoms with Crippen molar-refractivity contribution in [3.05, 3.63) is 29.8 Å². The Balaban J connectivity index is 2.58. The zero-order valence-electron chi connectivity index (χ0n) is 10.1. The van der Waals surface area contributed by atoms with Gasteiger partial charge in [0.2, 0.25) is 0 Å². The topological polar surface area (TPSA) is 61.3 Å². The number of hydrogen-bond acceptors (Lipinski definition) is 3. The zero-order chi connectivity index (χ0) is 12.0. The number of ether oxygens (including phenoxy) is 1. The molecule has 4 N–H and O–H groups in total. The molecule has 90 valence electrons. The van der Waals surface area contributed by atoms with Crippen molar-refractivity contribution in [3.63, 3.8) is 0 Å². The van der Waals surface area contributed by atoms with Gasteiger partial charge in [-0.25, -0.2) is 0 Å². The molecule has 0 aliphatic heterocycles. The Kier molecular flexibility index (Phi) is 5.29. The van der Waals surface area contributed by atoms with E-state index in [9.17, 15) is 0 Å². The van der Waals surface area contributed by atoms with Crippen molar-refractivity contribution in [2.75, 3.05) is 20.2 Å². The Morgan fingerprint density at radius 3 is 2.12 bits per heavy atom. The molecular weight excluding hydrogens is 200 g/mol. The Hall–Kier alpha value is -1.06. The summed E-state index contributed by atoms with van der Waals surface area (Å²) in [6.45, 7) is 3.52. The van der Waals surface area contributed by atoms with E-state index in [1.54, 1.807) is 7.11 Å². The average molecular weight is 222 g/mol. The number of hydrogen-bond donors (Lipinski definition) is 2. The highest BCUT2D eigenvalue weighted by molar-refractivity contribution is 5.27. The molecule has 1 atom stereocenters. The van der Waals surface area contributed by atoms with E-state index in [0.717, 1.165) is 12.2 Å². The van der Waals surface area contributed by atoms with E-state index in [1.807, 2.05) is 12.1 Å². The number of rotatable bonds is 6. The Morgan fingerprint density at radius 2 is 1.69 bits per heavy atom. The van der Waals surface area contributed by atoms with E-state index >= 15 is 0 Å². The minimum atomic E-state index is 0.405. The lowest BCUT2D eigenvalue weighted by molar-refractivity contribution is 0.372. The molecule has 1 aromatic rings. The fourth-order valence-electron chi connectivity index (χ4n) is 1.86. The predicted octanol–water partition coefficient (Wildman–Crippen LogP) is 1.41. The van der Waals surface area contributed by atoms with E-state index in [0.29, 0.717) is 24.9 Å². The van der Waals surface area contributed by atoms with Gasteiger partial charge in [-0.15, -0.1) is 0 Å². The zero-order valence-corrected chi connectivity index (χ0v) is 10.1. The standard InChI is InChI=1S/C13H22N2O/c1-10(12(8-14)9-15)7-11-3-5-13(16-2)6-4-11/h3-6,10,12H,7-9,14-15H2,1-2H3. The van der Waals surface area contributed by atoms with Crippen LogP contribution >= 0.6 is 0 Å². The maximum Gasteiger partial charge on any atom is 0.118 e. The smallest absolute Gasteiger partial charge is 0.118 e. The predicted molar refractivity (Wildman–Crippen MR) is 67.5 cm³/mol. The average Bonchev–Trinajstić information content (AvgIpc) is 2.31. The molecule has 16 heavy (non-hydrogen) atoms. The number of benzene rings is 1. The third kappa shape index (κ3) is 3.51. The number of methoxy groups -OCH3 is 1. The van der Waals surface area contributed by atoms with Crippen molar-refractivity contribution in [2.45, 2.75) is 13.3 Å². The van der Waals surface area contributed by atoms with Gasteiger partial charge in [0, 0.05) is 0 Å². The maximum absolute atomic E-state index is 5.68. The van der Waals surface area contributed by atoms with Gasteiger partial charge in [0.05, 0.1) is 7.11 Å². The summed E-state index contributed by atoms with van der Waals surface area (Å²) in [5, 5.41) is 0.